The first-order valence-corrected chi connectivity index (χ1v) is 5.54. The minimum Gasteiger partial charge on any atom is -0.311 e. The molecule has 0 atom stereocenters. The Morgan fingerprint density at radius 2 is 2.20 bits per heavy atom. The molecule has 1 heterocycles. The summed E-state index contributed by atoms with van der Waals surface area (Å²) in [5, 5.41) is 4.45. The number of hydrogen-bond acceptors (Lipinski definition) is 2. The number of pyridine rings is 1. The van der Waals surface area contributed by atoms with Crippen LogP contribution >= 0.6 is 11.6 Å². The monoisotopic (exact) mass is 220 g/mol. The van der Waals surface area contributed by atoms with Gasteiger partial charge in [0.05, 0.1) is 5.52 Å². The number of hydrogen-bond donors (Lipinski definition) is 1. The van der Waals surface area contributed by atoms with Crippen molar-refractivity contribution in [3.63, 3.8) is 0 Å². The molecule has 2 nitrogen and oxygen atoms in total. The highest BCUT2D eigenvalue weighted by Gasteiger charge is 1.96. The number of alkyl halides is 1. The fraction of sp³-hybridized carbons (Fsp3) is 0.250. The average Bonchev–Trinajstić information content (AvgIpc) is 2.29. The molecule has 0 fully saturated rings. The summed E-state index contributed by atoms with van der Waals surface area (Å²) in [6, 6.07) is 10.3. The predicted octanol–water partition coefficient (Wildman–Crippen LogP) is 2.56. The Morgan fingerprint density at radius 3 is 3.07 bits per heavy atom. The van der Waals surface area contributed by atoms with Crippen molar-refractivity contribution < 1.29 is 0 Å². The van der Waals surface area contributed by atoms with Crippen molar-refractivity contribution in [2.24, 2.45) is 0 Å². The maximum absolute atomic E-state index is 5.59. The minimum absolute atomic E-state index is 0.648. The van der Waals surface area contributed by atoms with E-state index in [-0.39, 0.29) is 0 Å². The lowest BCUT2D eigenvalue weighted by atomic mass is 10.1. The summed E-state index contributed by atoms with van der Waals surface area (Å²) in [6.45, 7) is 1.70. The summed E-state index contributed by atoms with van der Waals surface area (Å²) in [5.74, 6) is 0.648. The molecule has 0 unspecified atom stereocenters. The van der Waals surface area contributed by atoms with Crippen LogP contribution in [-0.4, -0.2) is 17.4 Å². The second-order valence-electron chi connectivity index (χ2n) is 3.40. The molecule has 0 bridgehead atoms. The summed E-state index contributed by atoms with van der Waals surface area (Å²) in [4.78, 5) is 4.28. The molecule has 0 saturated carbocycles. The first-order valence-electron chi connectivity index (χ1n) is 5.00. The lowest BCUT2D eigenvalue weighted by molar-refractivity contribution is 0.731. The quantitative estimate of drug-likeness (QED) is 0.633. The van der Waals surface area contributed by atoms with E-state index in [1.54, 1.807) is 0 Å². The molecule has 1 aromatic heterocycles. The maximum atomic E-state index is 5.59. The van der Waals surface area contributed by atoms with Crippen molar-refractivity contribution in [2.45, 2.75) is 6.54 Å². The number of nitrogens with one attached hydrogen (secondary N) is 1. The van der Waals surface area contributed by atoms with Gasteiger partial charge in [0.25, 0.3) is 0 Å². The Hall–Kier alpha value is -1.12. The molecular formula is C12H13ClN2. The van der Waals surface area contributed by atoms with Crippen LogP contribution in [0.5, 0.6) is 0 Å². The SMILES string of the molecule is ClCCNCc1ccc2ncccc2c1. The van der Waals surface area contributed by atoms with Crippen LogP contribution in [0.2, 0.25) is 0 Å². The zero-order valence-electron chi connectivity index (χ0n) is 8.41. The van der Waals surface area contributed by atoms with E-state index >= 15 is 0 Å². The number of aromatic nitrogens is 1. The van der Waals surface area contributed by atoms with Gasteiger partial charge in [-0.2, -0.15) is 0 Å². The van der Waals surface area contributed by atoms with Crippen molar-refractivity contribution in [3.05, 3.63) is 42.1 Å². The molecule has 2 aromatic rings. The average molecular weight is 221 g/mol. The highest BCUT2D eigenvalue weighted by molar-refractivity contribution is 6.18. The zero-order chi connectivity index (χ0) is 10.5. The van der Waals surface area contributed by atoms with Crippen molar-refractivity contribution in [3.8, 4) is 0 Å². The van der Waals surface area contributed by atoms with E-state index in [0.717, 1.165) is 18.6 Å². The van der Waals surface area contributed by atoms with Gasteiger partial charge in [0.2, 0.25) is 0 Å². The van der Waals surface area contributed by atoms with Gasteiger partial charge in [-0.25, -0.2) is 0 Å². The van der Waals surface area contributed by atoms with Crippen LogP contribution in [0, 0.1) is 0 Å². The van der Waals surface area contributed by atoms with Gasteiger partial charge in [-0.3, -0.25) is 4.98 Å². The van der Waals surface area contributed by atoms with E-state index < -0.39 is 0 Å². The molecule has 0 radical (unpaired) electrons. The smallest absolute Gasteiger partial charge is 0.0702 e. The number of fused-ring (bicyclic) bond motifs is 1. The fourth-order valence-electron chi connectivity index (χ4n) is 1.53. The molecule has 2 rings (SSSR count). The molecule has 1 N–H and O–H groups in total. The van der Waals surface area contributed by atoms with Gasteiger partial charge in [-0.05, 0) is 23.8 Å². The number of benzene rings is 1. The molecule has 0 amide bonds. The molecule has 0 aliphatic carbocycles. The van der Waals surface area contributed by atoms with Crippen LogP contribution in [0.4, 0.5) is 0 Å². The Labute approximate surface area is 94.3 Å². The van der Waals surface area contributed by atoms with Gasteiger partial charge in [-0.15, -0.1) is 11.6 Å². The van der Waals surface area contributed by atoms with Crippen LogP contribution in [0.25, 0.3) is 10.9 Å². The minimum atomic E-state index is 0.648. The van der Waals surface area contributed by atoms with Crippen molar-refractivity contribution in [2.75, 3.05) is 12.4 Å². The Bertz CT molecular complexity index is 442. The molecule has 3 heteroatoms. The van der Waals surface area contributed by atoms with E-state index in [1.165, 1.54) is 10.9 Å². The number of halogens is 1. The topological polar surface area (TPSA) is 24.9 Å². The van der Waals surface area contributed by atoms with E-state index in [0.29, 0.717) is 5.88 Å². The van der Waals surface area contributed by atoms with Gasteiger partial charge in [-0.1, -0.05) is 12.1 Å². The first-order chi connectivity index (χ1) is 7.40. The second kappa shape index (κ2) is 5.10. The predicted molar refractivity (Wildman–Crippen MR) is 64.2 cm³/mol. The van der Waals surface area contributed by atoms with E-state index in [9.17, 15) is 0 Å². The third-order valence-electron chi connectivity index (χ3n) is 2.27. The van der Waals surface area contributed by atoms with Crippen molar-refractivity contribution in [1.29, 1.82) is 0 Å². The van der Waals surface area contributed by atoms with Crippen molar-refractivity contribution in [1.82, 2.24) is 10.3 Å². The Morgan fingerprint density at radius 1 is 1.27 bits per heavy atom. The van der Waals surface area contributed by atoms with Crippen LogP contribution in [0.1, 0.15) is 5.56 Å². The van der Waals surface area contributed by atoms with Gasteiger partial charge in [0, 0.05) is 30.6 Å². The van der Waals surface area contributed by atoms with Gasteiger partial charge < -0.3 is 5.32 Å². The Balaban J connectivity index is 2.16. The summed E-state index contributed by atoms with van der Waals surface area (Å²) in [6.07, 6.45) is 1.81. The molecule has 78 valence electrons. The third-order valence-corrected chi connectivity index (χ3v) is 2.46. The lowest BCUT2D eigenvalue weighted by Crippen LogP contribution is -2.15. The van der Waals surface area contributed by atoms with Crippen LogP contribution < -0.4 is 5.32 Å². The molecule has 1 aromatic carbocycles. The normalized spacial score (nSPS) is 10.7. The summed E-state index contributed by atoms with van der Waals surface area (Å²) < 4.78 is 0. The first kappa shape index (κ1) is 10.4. The summed E-state index contributed by atoms with van der Waals surface area (Å²) in [7, 11) is 0. The van der Waals surface area contributed by atoms with Crippen LogP contribution in [-0.2, 0) is 6.54 Å². The maximum Gasteiger partial charge on any atom is 0.0702 e. The number of rotatable bonds is 4. The molecule has 0 aliphatic heterocycles. The number of nitrogens with zero attached hydrogens (tertiary/aromatic N) is 1. The third kappa shape index (κ3) is 2.67. The van der Waals surface area contributed by atoms with E-state index in [1.807, 2.05) is 18.3 Å². The molecule has 15 heavy (non-hydrogen) atoms. The highest BCUT2D eigenvalue weighted by Crippen LogP contribution is 2.12. The molecule has 0 spiro atoms. The van der Waals surface area contributed by atoms with Gasteiger partial charge in [0.15, 0.2) is 0 Å². The van der Waals surface area contributed by atoms with E-state index in [4.69, 9.17) is 11.6 Å². The van der Waals surface area contributed by atoms with Crippen LogP contribution in [0.3, 0.4) is 0 Å². The van der Waals surface area contributed by atoms with Gasteiger partial charge in [0.1, 0.15) is 0 Å². The molecule has 0 saturated heterocycles. The summed E-state index contributed by atoms with van der Waals surface area (Å²) in [5.41, 5.74) is 2.30. The summed E-state index contributed by atoms with van der Waals surface area (Å²) >= 11 is 5.59. The Kier molecular flexibility index (Phi) is 3.54. The largest absolute Gasteiger partial charge is 0.311 e. The highest BCUT2D eigenvalue weighted by atomic mass is 35.5. The molecule has 0 aliphatic rings. The zero-order valence-corrected chi connectivity index (χ0v) is 9.17. The fourth-order valence-corrected chi connectivity index (χ4v) is 1.67. The molecular weight excluding hydrogens is 208 g/mol. The van der Waals surface area contributed by atoms with Crippen molar-refractivity contribution >= 4 is 22.5 Å². The lowest BCUT2D eigenvalue weighted by Gasteiger charge is -2.04. The van der Waals surface area contributed by atoms with E-state index in [2.05, 4.69) is 28.5 Å². The standard InChI is InChI=1S/C12H13ClN2/c13-5-7-14-9-10-3-4-12-11(8-10)2-1-6-15-12/h1-4,6,8,14H,5,7,9H2. The van der Waals surface area contributed by atoms with Gasteiger partial charge >= 0.3 is 0 Å². The second-order valence-corrected chi connectivity index (χ2v) is 3.77. The van der Waals surface area contributed by atoms with Crippen LogP contribution in [0.15, 0.2) is 36.5 Å².